The van der Waals surface area contributed by atoms with Crippen LogP contribution in [0.1, 0.15) is 135 Å². The third-order valence-electron chi connectivity index (χ3n) is 16.2. The third-order valence-corrected chi connectivity index (χ3v) is 16.2. The maximum absolute atomic E-state index is 2.58. The summed E-state index contributed by atoms with van der Waals surface area (Å²) in [6.45, 7) is 27.8. The Hall–Kier alpha value is -6.12. The van der Waals surface area contributed by atoms with Crippen LogP contribution in [0, 0.1) is 27.7 Å². The van der Waals surface area contributed by atoms with Gasteiger partial charge in [0.1, 0.15) is 0 Å². The summed E-state index contributed by atoms with van der Waals surface area (Å²) in [5.74, 6) is 0. The van der Waals surface area contributed by atoms with Crippen LogP contribution in [-0.2, 0) is 36.5 Å². The Morgan fingerprint density at radius 1 is 0.409 bits per heavy atom. The lowest BCUT2D eigenvalue weighted by Gasteiger charge is -2.33. The molecule has 0 aliphatic heterocycles. The number of fused-ring (bicyclic) bond motifs is 8. The van der Waals surface area contributed by atoms with Crippen molar-refractivity contribution in [3.63, 3.8) is 0 Å². The largest absolute Gasteiger partial charge is 0.314 e. The van der Waals surface area contributed by atoms with Crippen LogP contribution < -0.4 is 9.80 Å². The molecule has 0 bridgehead atoms. The number of rotatable bonds is 10. The van der Waals surface area contributed by atoms with Gasteiger partial charge in [0.05, 0.1) is 0 Å². The number of aryl methyl sites for hydroxylation is 8. The molecule has 0 N–H and O–H groups in total. The number of allylic oxidation sites excluding steroid dienone is 4. The molecule has 0 aromatic heterocycles. The van der Waals surface area contributed by atoms with Crippen LogP contribution in [0.3, 0.4) is 0 Å². The minimum atomic E-state index is -0.166. The summed E-state index contributed by atoms with van der Waals surface area (Å²) in [6.07, 6.45) is 8.73. The molecule has 0 heterocycles. The smallest absolute Gasteiger partial charge is 0.0465 e. The zero-order chi connectivity index (χ0) is 46.4. The fraction of sp³-hybridized carbons (Fsp3) is 0.312. The van der Waals surface area contributed by atoms with Crippen molar-refractivity contribution in [2.75, 3.05) is 9.80 Å². The third kappa shape index (κ3) is 6.81. The van der Waals surface area contributed by atoms with E-state index in [0.29, 0.717) is 0 Å². The van der Waals surface area contributed by atoms with Crippen LogP contribution >= 0.6 is 0 Å². The van der Waals surface area contributed by atoms with Gasteiger partial charge in [0.25, 0.3) is 0 Å². The average molecular weight is 865 g/mol. The lowest BCUT2D eigenvalue weighted by atomic mass is 9.79. The first-order valence-corrected chi connectivity index (χ1v) is 24.9. The number of nitrogens with zero attached hydrogens (tertiary/aromatic N) is 2. The summed E-state index contributed by atoms with van der Waals surface area (Å²) in [5, 5.41) is 2.77. The van der Waals surface area contributed by atoms with Gasteiger partial charge in [-0.05, 0) is 233 Å². The summed E-state index contributed by atoms with van der Waals surface area (Å²) in [6, 6.07) is 45.4. The van der Waals surface area contributed by atoms with Crippen molar-refractivity contribution >= 4 is 44.8 Å². The topological polar surface area (TPSA) is 6.48 Å². The first-order valence-electron chi connectivity index (χ1n) is 24.9. The normalized spacial score (nSPS) is 15.4. The standard InChI is InChI=1S/C64H68N2/c1-13-43-19-23-49(35-45(43)15-3)65(47-21-17-39(5)41(7)33-47)51-25-27-55-59(37-51)63(9,10)57-31-29-54-53(61(55)57)30-32-58-62(54)56-28-26-52(38-60(56)64(58,11)12)66(48-22-18-40(6)42(8)34-48)50-24-20-44(14-2)46(16-4)36-50/h17-25,27,29-38H,13-16,26,28H2,1-12H3. The Kier molecular flexibility index (Phi) is 10.8. The van der Waals surface area contributed by atoms with Crippen molar-refractivity contribution in [2.45, 2.75) is 132 Å². The zero-order valence-corrected chi connectivity index (χ0v) is 41.7. The number of hydrogen-bond acceptors (Lipinski definition) is 2. The van der Waals surface area contributed by atoms with E-state index < -0.39 is 0 Å². The summed E-state index contributed by atoms with van der Waals surface area (Å²) in [5.41, 5.74) is 29.7. The SMILES string of the molecule is CCc1ccc(N(C2=CC3=C(CC2)c2c(ccc4c5c(ccc24)C(C)(C)c2cc(N(c4ccc(C)c(C)c4)c4ccc(CC)c(CC)c4)ccc2-5)C3(C)C)c2ccc(C)c(C)c2)cc1CC. The van der Waals surface area contributed by atoms with Crippen LogP contribution in [0.15, 0.2) is 133 Å². The van der Waals surface area contributed by atoms with E-state index in [4.69, 9.17) is 0 Å². The second-order valence-electron chi connectivity index (χ2n) is 20.6. The minimum Gasteiger partial charge on any atom is -0.314 e. The van der Waals surface area contributed by atoms with Gasteiger partial charge in [0, 0.05) is 45.0 Å². The summed E-state index contributed by atoms with van der Waals surface area (Å²) in [4.78, 5) is 5.05. The van der Waals surface area contributed by atoms with Crippen LogP contribution in [0.5, 0.6) is 0 Å². The molecule has 0 saturated carbocycles. The van der Waals surface area contributed by atoms with Gasteiger partial charge in [0.15, 0.2) is 0 Å². The summed E-state index contributed by atoms with van der Waals surface area (Å²) < 4.78 is 0. The van der Waals surface area contributed by atoms with E-state index in [1.54, 1.807) is 0 Å². The fourth-order valence-electron chi connectivity index (χ4n) is 12.0. The molecule has 2 heteroatoms. The number of benzene rings is 7. The number of anilines is 5. The van der Waals surface area contributed by atoms with Crippen molar-refractivity contribution in [1.82, 2.24) is 0 Å². The van der Waals surface area contributed by atoms with Crippen LogP contribution in [-0.4, -0.2) is 0 Å². The van der Waals surface area contributed by atoms with E-state index >= 15 is 0 Å². The van der Waals surface area contributed by atoms with Crippen LogP contribution in [0.2, 0.25) is 0 Å². The Labute approximate surface area is 395 Å². The van der Waals surface area contributed by atoms with Gasteiger partial charge in [0.2, 0.25) is 0 Å². The molecule has 334 valence electrons. The van der Waals surface area contributed by atoms with Crippen LogP contribution in [0.4, 0.5) is 28.4 Å². The lowest BCUT2D eigenvalue weighted by Crippen LogP contribution is -2.22. The molecule has 2 nitrogen and oxygen atoms in total. The van der Waals surface area contributed by atoms with Gasteiger partial charge in [-0.1, -0.05) is 110 Å². The molecule has 0 saturated heterocycles. The van der Waals surface area contributed by atoms with Crippen molar-refractivity contribution in [2.24, 2.45) is 0 Å². The molecule has 7 aromatic carbocycles. The van der Waals surface area contributed by atoms with E-state index in [9.17, 15) is 0 Å². The van der Waals surface area contributed by atoms with Crippen LogP contribution in [0.25, 0.3) is 27.5 Å². The first-order chi connectivity index (χ1) is 31.7. The highest BCUT2D eigenvalue weighted by Crippen LogP contribution is 2.58. The molecule has 0 radical (unpaired) electrons. The molecule has 0 fully saturated rings. The molecule has 0 amide bonds. The molecule has 0 unspecified atom stereocenters. The van der Waals surface area contributed by atoms with Gasteiger partial charge in [-0.25, -0.2) is 0 Å². The van der Waals surface area contributed by atoms with Gasteiger partial charge in [-0.2, -0.15) is 0 Å². The van der Waals surface area contributed by atoms with E-state index in [-0.39, 0.29) is 10.8 Å². The lowest BCUT2D eigenvalue weighted by molar-refractivity contribution is 0.649. The molecule has 10 rings (SSSR count). The molecular weight excluding hydrogens is 797 g/mol. The number of hydrogen-bond donors (Lipinski definition) is 0. The maximum Gasteiger partial charge on any atom is 0.0465 e. The Morgan fingerprint density at radius 3 is 1.44 bits per heavy atom. The monoisotopic (exact) mass is 865 g/mol. The molecule has 3 aliphatic carbocycles. The van der Waals surface area contributed by atoms with Gasteiger partial charge < -0.3 is 9.80 Å². The Bertz CT molecular complexity index is 3180. The fourth-order valence-corrected chi connectivity index (χ4v) is 12.0. The second kappa shape index (κ2) is 16.3. The second-order valence-corrected chi connectivity index (χ2v) is 20.6. The Balaban J connectivity index is 1.11. The predicted molar refractivity (Wildman–Crippen MR) is 285 cm³/mol. The van der Waals surface area contributed by atoms with E-state index in [1.807, 2.05) is 0 Å². The highest BCUT2D eigenvalue weighted by molar-refractivity contribution is 6.09. The van der Waals surface area contributed by atoms with Gasteiger partial charge in [-0.3, -0.25) is 0 Å². The Morgan fingerprint density at radius 2 is 0.879 bits per heavy atom. The van der Waals surface area contributed by atoms with E-state index in [0.717, 1.165) is 38.5 Å². The van der Waals surface area contributed by atoms with Gasteiger partial charge >= 0.3 is 0 Å². The quantitative estimate of drug-likeness (QED) is 0.135. The van der Waals surface area contributed by atoms with Crippen molar-refractivity contribution in [3.05, 3.63) is 199 Å². The molecular formula is C64H68N2. The molecule has 0 atom stereocenters. The summed E-state index contributed by atoms with van der Waals surface area (Å²) in [7, 11) is 0. The highest BCUT2D eigenvalue weighted by atomic mass is 15.2. The van der Waals surface area contributed by atoms with Crippen molar-refractivity contribution in [3.8, 4) is 11.1 Å². The van der Waals surface area contributed by atoms with Crippen molar-refractivity contribution in [1.29, 1.82) is 0 Å². The van der Waals surface area contributed by atoms with Gasteiger partial charge in [-0.15, -0.1) is 0 Å². The maximum atomic E-state index is 2.58. The molecule has 7 aromatic rings. The minimum absolute atomic E-state index is 0.129. The predicted octanol–water partition coefficient (Wildman–Crippen LogP) is 17.7. The molecule has 3 aliphatic rings. The molecule has 66 heavy (non-hydrogen) atoms. The van der Waals surface area contributed by atoms with E-state index in [1.165, 1.54) is 134 Å². The summed E-state index contributed by atoms with van der Waals surface area (Å²) >= 11 is 0. The average Bonchev–Trinajstić information content (AvgIpc) is 3.70. The van der Waals surface area contributed by atoms with Crippen molar-refractivity contribution < 1.29 is 0 Å². The van der Waals surface area contributed by atoms with E-state index in [2.05, 4.69) is 214 Å². The molecule has 0 spiro atoms. The first kappa shape index (κ1) is 43.8. The zero-order valence-electron chi connectivity index (χ0n) is 41.7. The highest BCUT2D eigenvalue weighted by Gasteiger charge is 2.42.